The number of carbonyl (C=O) groups is 2. The van der Waals surface area contributed by atoms with E-state index >= 15 is 0 Å². The van der Waals surface area contributed by atoms with Crippen LogP contribution < -0.4 is 11.1 Å². The lowest BCUT2D eigenvalue weighted by Crippen LogP contribution is -2.37. The third-order valence-corrected chi connectivity index (χ3v) is 3.62. The van der Waals surface area contributed by atoms with Crippen LogP contribution in [0.4, 0.5) is 0 Å². The third kappa shape index (κ3) is 5.49. The van der Waals surface area contributed by atoms with E-state index in [4.69, 9.17) is 10.8 Å². The Morgan fingerprint density at radius 2 is 1.94 bits per heavy atom. The largest absolute Gasteiger partial charge is 0.481 e. The van der Waals surface area contributed by atoms with Crippen molar-refractivity contribution in [2.24, 2.45) is 17.6 Å². The van der Waals surface area contributed by atoms with Crippen LogP contribution in [0.25, 0.3) is 0 Å². The molecule has 0 saturated heterocycles. The molecule has 0 aromatic carbocycles. The summed E-state index contributed by atoms with van der Waals surface area (Å²) >= 11 is 0. The summed E-state index contributed by atoms with van der Waals surface area (Å²) in [6.07, 6.45) is 4.35. The van der Waals surface area contributed by atoms with Crippen molar-refractivity contribution in [2.45, 2.75) is 51.5 Å². The minimum atomic E-state index is -0.783. The fourth-order valence-electron chi connectivity index (χ4n) is 2.27. The average Bonchev–Trinajstić information content (AvgIpc) is 2.34. The predicted molar refractivity (Wildman–Crippen MR) is 69.0 cm³/mol. The Kier molecular flexibility index (Phi) is 6.12. The average molecular weight is 256 g/mol. The van der Waals surface area contributed by atoms with Gasteiger partial charge in [-0.1, -0.05) is 6.92 Å². The molecule has 0 spiro atoms. The maximum absolute atomic E-state index is 11.9. The summed E-state index contributed by atoms with van der Waals surface area (Å²) in [5.74, 6) is -0.383. The molecule has 4 N–H and O–H groups in total. The second-order valence-electron chi connectivity index (χ2n) is 5.39. The highest BCUT2D eigenvalue weighted by Gasteiger charge is 2.24. The second kappa shape index (κ2) is 7.36. The Hall–Kier alpha value is -1.10. The van der Waals surface area contributed by atoms with E-state index in [0.29, 0.717) is 13.0 Å². The number of carboxylic acid groups (broad SMARTS) is 1. The zero-order valence-corrected chi connectivity index (χ0v) is 11.0. The summed E-state index contributed by atoms with van der Waals surface area (Å²) in [5.41, 5.74) is 5.80. The molecule has 0 radical (unpaired) electrons. The quantitative estimate of drug-likeness (QED) is 0.664. The van der Waals surface area contributed by atoms with Crippen LogP contribution >= 0.6 is 0 Å². The van der Waals surface area contributed by atoms with Crippen LogP contribution in [0.5, 0.6) is 0 Å². The van der Waals surface area contributed by atoms with Crippen LogP contribution in [0.1, 0.15) is 45.4 Å². The molecule has 1 aliphatic carbocycles. The third-order valence-electron chi connectivity index (χ3n) is 3.62. The van der Waals surface area contributed by atoms with Gasteiger partial charge in [-0.15, -0.1) is 0 Å². The molecule has 1 rings (SSSR count). The normalized spacial score (nSPS) is 25.4. The van der Waals surface area contributed by atoms with Crippen LogP contribution in [0, 0.1) is 11.8 Å². The van der Waals surface area contributed by atoms with Crippen molar-refractivity contribution in [3.8, 4) is 0 Å². The topological polar surface area (TPSA) is 92.4 Å². The lowest BCUT2D eigenvalue weighted by atomic mass is 9.86. The second-order valence-corrected chi connectivity index (χ2v) is 5.39. The number of hydrogen-bond acceptors (Lipinski definition) is 3. The van der Waals surface area contributed by atoms with Gasteiger partial charge in [0.15, 0.2) is 0 Å². The van der Waals surface area contributed by atoms with E-state index in [-0.39, 0.29) is 30.2 Å². The van der Waals surface area contributed by atoms with Gasteiger partial charge in [0.25, 0.3) is 0 Å². The summed E-state index contributed by atoms with van der Waals surface area (Å²) in [6, 6.07) is 0.253. The Balaban J connectivity index is 2.18. The summed E-state index contributed by atoms with van der Waals surface area (Å²) in [6.45, 7) is 2.52. The van der Waals surface area contributed by atoms with Gasteiger partial charge in [0.05, 0.1) is 0 Å². The van der Waals surface area contributed by atoms with Crippen molar-refractivity contribution >= 4 is 11.9 Å². The zero-order valence-electron chi connectivity index (χ0n) is 11.0. The van der Waals surface area contributed by atoms with Gasteiger partial charge >= 0.3 is 5.97 Å². The molecular formula is C13H24N2O3. The molecular weight excluding hydrogens is 232 g/mol. The van der Waals surface area contributed by atoms with Crippen LogP contribution in [0.3, 0.4) is 0 Å². The number of hydrogen-bond donors (Lipinski definition) is 3. The molecule has 5 nitrogen and oxygen atoms in total. The van der Waals surface area contributed by atoms with E-state index in [0.717, 1.165) is 25.7 Å². The number of aliphatic carboxylic acids is 1. The van der Waals surface area contributed by atoms with Crippen molar-refractivity contribution in [3.63, 3.8) is 0 Å². The molecule has 0 heterocycles. The first-order chi connectivity index (χ1) is 8.49. The van der Waals surface area contributed by atoms with E-state index in [1.54, 1.807) is 0 Å². The van der Waals surface area contributed by atoms with Crippen LogP contribution in [-0.4, -0.2) is 29.6 Å². The predicted octanol–water partition coefficient (Wildman–Crippen LogP) is 1.12. The Morgan fingerprint density at radius 3 is 2.50 bits per heavy atom. The molecule has 0 aliphatic heterocycles. The summed E-state index contributed by atoms with van der Waals surface area (Å²) in [7, 11) is 0. The van der Waals surface area contributed by atoms with Crippen molar-refractivity contribution in [3.05, 3.63) is 0 Å². The maximum Gasteiger partial charge on any atom is 0.303 e. The summed E-state index contributed by atoms with van der Waals surface area (Å²) in [4.78, 5) is 22.3. The molecule has 1 aliphatic rings. The molecule has 104 valence electrons. The molecule has 1 atom stereocenters. The molecule has 5 heteroatoms. The van der Waals surface area contributed by atoms with E-state index < -0.39 is 5.97 Å². The minimum Gasteiger partial charge on any atom is -0.481 e. The van der Waals surface area contributed by atoms with Gasteiger partial charge < -0.3 is 16.2 Å². The van der Waals surface area contributed by atoms with Gasteiger partial charge in [-0.2, -0.15) is 0 Å². The van der Waals surface area contributed by atoms with Crippen molar-refractivity contribution < 1.29 is 14.7 Å². The highest BCUT2D eigenvalue weighted by molar-refractivity contribution is 5.78. The molecule has 1 saturated carbocycles. The molecule has 0 bridgehead atoms. The van der Waals surface area contributed by atoms with Crippen LogP contribution in [0.15, 0.2) is 0 Å². The number of nitrogens with one attached hydrogen (secondary N) is 1. The van der Waals surface area contributed by atoms with Crippen molar-refractivity contribution in [2.75, 3.05) is 6.54 Å². The summed E-state index contributed by atoms with van der Waals surface area (Å²) in [5, 5.41) is 11.5. The van der Waals surface area contributed by atoms with E-state index in [1.165, 1.54) is 0 Å². The zero-order chi connectivity index (χ0) is 13.5. The summed E-state index contributed by atoms with van der Waals surface area (Å²) < 4.78 is 0. The minimum absolute atomic E-state index is 0.0940. The van der Waals surface area contributed by atoms with Gasteiger partial charge in [-0.05, 0) is 38.0 Å². The first-order valence-corrected chi connectivity index (χ1v) is 6.74. The highest BCUT2D eigenvalue weighted by Crippen LogP contribution is 2.23. The Bertz CT molecular complexity index is 286. The lowest BCUT2D eigenvalue weighted by Gasteiger charge is -2.25. The van der Waals surface area contributed by atoms with E-state index in [9.17, 15) is 9.59 Å². The maximum atomic E-state index is 11.9. The van der Waals surface area contributed by atoms with Gasteiger partial charge in [-0.3, -0.25) is 9.59 Å². The van der Waals surface area contributed by atoms with Crippen molar-refractivity contribution in [1.82, 2.24) is 5.32 Å². The lowest BCUT2D eigenvalue weighted by molar-refractivity contribution is -0.137. The van der Waals surface area contributed by atoms with E-state index in [2.05, 4.69) is 5.32 Å². The molecule has 0 aromatic heterocycles. The Morgan fingerprint density at radius 1 is 1.33 bits per heavy atom. The SMILES string of the molecule is CC(CCC(=O)O)CNC(=O)C1CCC(N)CC1. The Labute approximate surface area is 108 Å². The number of rotatable bonds is 6. The molecule has 1 fully saturated rings. The monoisotopic (exact) mass is 256 g/mol. The van der Waals surface area contributed by atoms with Gasteiger partial charge in [0.2, 0.25) is 5.91 Å². The van der Waals surface area contributed by atoms with Gasteiger partial charge in [0.1, 0.15) is 0 Å². The number of amides is 1. The molecule has 1 amide bonds. The highest BCUT2D eigenvalue weighted by atomic mass is 16.4. The first kappa shape index (κ1) is 15.0. The number of carboxylic acids is 1. The standard InChI is InChI=1S/C13H24N2O3/c1-9(2-7-12(16)17)8-15-13(18)10-3-5-11(14)6-4-10/h9-11H,2-8,14H2,1H3,(H,15,18)(H,16,17). The van der Waals surface area contributed by atoms with E-state index in [1.807, 2.05) is 6.92 Å². The van der Waals surface area contributed by atoms with Crippen LogP contribution in [-0.2, 0) is 9.59 Å². The van der Waals surface area contributed by atoms with Gasteiger partial charge in [-0.25, -0.2) is 0 Å². The molecule has 1 unspecified atom stereocenters. The molecule has 18 heavy (non-hydrogen) atoms. The first-order valence-electron chi connectivity index (χ1n) is 6.74. The number of carbonyl (C=O) groups excluding carboxylic acids is 1. The van der Waals surface area contributed by atoms with Gasteiger partial charge in [0, 0.05) is 24.9 Å². The fourth-order valence-corrected chi connectivity index (χ4v) is 2.27. The van der Waals surface area contributed by atoms with Crippen LogP contribution in [0.2, 0.25) is 0 Å². The smallest absolute Gasteiger partial charge is 0.303 e. The fraction of sp³-hybridized carbons (Fsp3) is 0.846. The number of nitrogens with two attached hydrogens (primary N) is 1. The van der Waals surface area contributed by atoms with Crippen molar-refractivity contribution in [1.29, 1.82) is 0 Å². The molecule has 0 aromatic rings.